The smallest absolute Gasteiger partial charge is 0.274 e. The maximum Gasteiger partial charge on any atom is 0.274 e. The van der Waals surface area contributed by atoms with Crippen molar-refractivity contribution < 1.29 is 14.3 Å². The van der Waals surface area contributed by atoms with Crippen LogP contribution >= 0.6 is 0 Å². The quantitative estimate of drug-likeness (QED) is 0.471. The molecule has 0 heterocycles. The van der Waals surface area contributed by atoms with E-state index in [2.05, 4.69) is 0 Å². The normalized spacial score (nSPS) is 12.2. The van der Waals surface area contributed by atoms with Gasteiger partial charge in [0.05, 0.1) is 7.11 Å². The van der Waals surface area contributed by atoms with Crippen molar-refractivity contribution in [1.29, 1.82) is 0 Å². The summed E-state index contributed by atoms with van der Waals surface area (Å²) < 4.78 is 10.7. The summed E-state index contributed by atoms with van der Waals surface area (Å²) in [7, 11) is 1.55. The topological polar surface area (TPSA) is 73.6 Å². The second-order valence-corrected chi connectivity index (χ2v) is 3.68. The van der Waals surface area contributed by atoms with Gasteiger partial charge in [0.15, 0.2) is 17.6 Å². The average Bonchev–Trinajstić information content (AvgIpc) is 2.39. The number of benzene rings is 1. The van der Waals surface area contributed by atoms with Gasteiger partial charge in [0.2, 0.25) is 0 Å². The largest absolute Gasteiger partial charge is 0.493 e. The molecule has 0 aliphatic rings. The van der Waals surface area contributed by atoms with Gasteiger partial charge in [-0.15, -0.1) is 0 Å². The van der Waals surface area contributed by atoms with E-state index in [1.807, 2.05) is 36.6 Å². The number of hydrazine groups is 1. The van der Waals surface area contributed by atoms with Gasteiger partial charge in [-0.3, -0.25) is 10.2 Å². The van der Waals surface area contributed by atoms with E-state index in [0.717, 1.165) is 5.56 Å². The molecule has 0 radical (unpaired) electrons. The van der Waals surface area contributed by atoms with Gasteiger partial charge in [-0.25, -0.2) is 5.84 Å². The minimum absolute atomic E-state index is 0.394. The Morgan fingerprint density at radius 2 is 2.17 bits per heavy atom. The van der Waals surface area contributed by atoms with Crippen LogP contribution in [0.3, 0.4) is 0 Å². The molecule has 1 atom stereocenters. The van der Waals surface area contributed by atoms with Gasteiger partial charge in [0.25, 0.3) is 5.91 Å². The molecular formula is C13H18N2O3. The van der Waals surface area contributed by atoms with Crippen molar-refractivity contribution >= 4 is 12.0 Å². The summed E-state index contributed by atoms with van der Waals surface area (Å²) in [6.07, 6.45) is 3.19. The van der Waals surface area contributed by atoms with Crippen LogP contribution in [-0.2, 0) is 4.79 Å². The summed E-state index contributed by atoms with van der Waals surface area (Å²) >= 11 is 0. The molecule has 0 spiro atoms. The van der Waals surface area contributed by atoms with Gasteiger partial charge < -0.3 is 9.47 Å². The van der Waals surface area contributed by atoms with E-state index >= 15 is 0 Å². The molecular weight excluding hydrogens is 232 g/mol. The lowest BCUT2D eigenvalue weighted by Crippen LogP contribution is -2.40. The summed E-state index contributed by atoms with van der Waals surface area (Å²) in [4.78, 5) is 11.3. The number of hydrogen-bond acceptors (Lipinski definition) is 4. The second-order valence-electron chi connectivity index (χ2n) is 3.68. The maximum atomic E-state index is 11.3. The Kier molecular flexibility index (Phi) is 5.20. The summed E-state index contributed by atoms with van der Waals surface area (Å²) in [6.45, 7) is 3.55. The molecule has 0 aromatic heterocycles. The molecule has 0 aliphatic carbocycles. The van der Waals surface area contributed by atoms with Crippen LogP contribution in [0.4, 0.5) is 0 Å². The molecule has 18 heavy (non-hydrogen) atoms. The van der Waals surface area contributed by atoms with E-state index in [1.165, 1.54) is 0 Å². The number of amides is 1. The lowest BCUT2D eigenvalue weighted by molar-refractivity contribution is -0.127. The second kappa shape index (κ2) is 6.66. The Balaban J connectivity index is 2.92. The van der Waals surface area contributed by atoms with Crippen LogP contribution < -0.4 is 20.7 Å². The van der Waals surface area contributed by atoms with Crippen molar-refractivity contribution in [3.8, 4) is 11.5 Å². The van der Waals surface area contributed by atoms with Gasteiger partial charge in [0.1, 0.15) is 0 Å². The van der Waals surface area contributed by atoms with Crippen LogP contribution in [0.25, 0.3) is 6.08 Å². The average molecular weight is 250 g/mol. The number of rotatable bonds is 5. The van der Waals surface area contributed by atoms with Gasteiger partial charge in [-0.05, 0) is 31.5 Å². The molecule has 0 bridgehead atoms. The highest BCUT2D eigenvalue weighted by Gasteiger charge is 2.15. The minimum Gasteiger partial charge on any atom is -0.493 e. The number of carbonyl (C=O) groups excluding carboxylic acids is 1. The van der Waals surface area contributed by atoms with E-state index in [1.54, 1.807) is 20.1 Å². The van der Waals surface area contributed by atoms with Crippen LogP contribution in [0.1, 0.15) is 19.4 Å². The Morgan fingerprint density at radius 1 is 1.44 bits per heavy atom. The zero-order chi connectivity index (χ0) is 13.5. The van der Waals surface area contributed by atoms with Gasteiger partial charge in [-0.1, -0.05) is 18.2 Å². The molecule has 5 nitrogen and oxygen atoms in total. The first-order valence-electron chi connectivity index (χ1n) is 5.60. The fraction of sp³-hybridized carbons (Fsp3) is 0.308. The van der Waals surface area contributed by atoms with Crippen molar-refractivity contribution in [3.05, 3.63) is 29.8 Å². The van der Waals surface area contributed by atoms with E-state index < -0.39 is 12.0 Å². The lowest BCUT2D eigenvalue weighted by atomic mass is 10.2. The zero-order valence-corrected chi connectivity index (χ0v) is 10.8. The highest BCUT2D eigenvalue weighted by Crippen LogP contribution is 2.29. The van der Waals surface area contributed by atoms with E-state index in [0.29, 0.717) is 11.5 Å². The van der Waals surface area contributed by atoms with Crippen molar-refractivity contribution in [1.82, 2.24) is 5.43 Å². The Hall–Kier alpha value is -2.01. The van der Waals surface area contributed by atoms with Crippen LogP contribution in [-0.4, -0.2) is 19.1 Å². The number of ether oxygens (including phenoxy) is 2. The molecule has 98 valence electrons. The number of nitrogens with one attached hydrogen (secondary N) is 1. The number of allylic oxidation sites excluding steroid dienone is 1. The SMILES string of the molecule is CC=Cc1ccc(OC(C)C(=O)NN)c(OC)c1. The summed E-state index contributed by atoms with van der Waals surface area (Å²) in [5.74, 6) is 5.72. The monoisotopic (exact) mass is 250 g/mol. The molecule has 0 fully saturated rings. The van der Waals surface area contributed by atoms with Gasteiger partial charge in [0, 0.05) is 0 Å². The maximum absolute atomic E-state index is 11.3. The molecule has 5 heteroatoms. The Labute approximate surface area is 107 Å². The molecule has 1 aromatic rings. The number of hydrogen-bond donors (Lipinski definition) is 2. The molecule has 1 unspecified atom stereocenters. The first-order valence-corrected chi connectivity index (χ1v) is 5.60. The van der Waals surface area contributed by atoms with Crippen molar-refractivity contribution in [2.45, 2.75) is 20.0 Å². The van der Waals surface area contributed by atoms with Crippen LogP contribution in [0.15, 0.2) is 24.3 Å². The molecule has 1 amide bonds. The molecule has 0 saturated heterocycles. The minimum atomic E-state index is -0.684. The van der Waals surface area contributed by atoms with E-state index in [9.17, 15) is 4.79 Å². The third-order valence-corrected chi connectivity index (χ3v) is 2.36. The molecule has 0 saturated carbocycles. The van der Waals surface area contributed by atoms with Crippen molar-refractivity contribution in [3.63, 3.8) is 0 Å². The molecule has 0 aliphatic heterocycles. The predicted octanol–water partition coefficient (Wildman–Crippen LogP) is 1.49. The number of methoxy groups -OCH3 is 1. The van der Waals surface area contributed by atoms with Crippen molar-refractivity contribution in [2.75, 3.05) is 7.11 Å². The Bertz CT molecular complexity index is 444. The first-order chi connectivity index (χ1) is 8.62. The van der Waals surface area contributed by atoms with Crippen LogP contribution in [0.5, 0.6) is 11.5 Å². The third kappa shape index (κ3) is 3.49. The van der Waals surface area contributed by atoms with Crippen molar-refractivity contribution in [2.24, 2.45) is 5.84 Å². The van der Waals surface area contributed by atoms with Gasteiger partial charge >= 0.3 is 0 Å². The molecule has 3 N–H and O–H groups in total. The van der Waals surface area contributed by atoms with Gasteiger partial charge in [-0.2, -0.15) is 0 Å². The fourth-order valence-electron chi connectivity index (χ4n) is 1.44. The highest BCUT2D eigenvalue weighted by atomic mass is 16.5. The standard InChI is InChI=1S/C13H18N2O3/c1-4-5-10-6-7-11(12(8-10)17-3)18-9(2)13(16)15-14/h4-9H,14H2,1-3H3,(H,15,16). The molecule has 1 rings (SSSR count). The third-order valence-electron chi connectivity index (χ3n) is 2.36. The molecule has 1 aromatic carbocycles. The highest BCUT2D eigenvalue weighted by molar-refractivity contribution is 5.80. The summed E-state index contributed by atoms with van der Waals surface area (Å²) in [5.41, 5.74) is 3.04. The zero-order valence-electron chi connectivity index (χ0n) is 10.8. The fourth-order valence-corrected chi connectivity index (χ4v) is 1.44. The first kappa shape index (κ1) is 14.1. The predicted molar refractivity (Wildman–Crippen MR) is 70.1 cm³/mol. The summed E-state index contributed by atoms with van der Waals surface area (Å²) in [6, 6.07) is 5.47. The Morgan fingerprint density at radius 3 is 2.72 bits per heavy atom. The number of carbonyl (C=O) groups is 1. The van der Waals surface area contributed by atoms with Crippen LogP contribution in [0.2, 0.25) is 0 Å². The summed E-state index contributed by atoms with van der Waals surface area (Å²) in [5, 5.41) is 0. The van der Waals surface area contributed by atoms with Crippen LogP contribution in [0, 0.1) is 0 Å². The van der Waals surface area contributed by atoms with E-state index in [-0.39, 0.29) is 0 Å². The van der Waals surface area contributed by atoms with E-state index in [4.69, 9.17) is 15.3 Å². The lowest BCUT2D eigenvalue weighted by Gasteiger charge is -2.15. The number of nitrogens with two attached hydrogens (primary N) is 1.